The van der Waals surface area contributed by atoms with Crippen LogP contribution in [-0.4, -0.2) is 29.5 Å². The van der Waals surface area contributed by atoms with Gasteiger partial charge in [-0.25, -0.2) is 9.37 Å². The van der Waals surface area contributed by atoms with Gasteiger partial charge in [0.2, 0.25) is 0 Å². The average Bonchev–Trinajstić information content (AvgIpc) is 3.03. The van der Waals surface area contributed by atoms with Gasteiger partial charge in [-0.1, -0.05) is 12.1 Å². The van der Waals surface area contributed by atoms with Crippen molar-refractivity contribution in [3.63, 3.8) is 0 Å². The summed E-state index contributed by atoms with van der Waals surface area (Å²) in [5.41, 5.74) is 0.372. The van der Waals surface area contributed by atoms with Crippen LogP contribution in [-0.2, 0) is 9.53 Å². The number of ether oxygens (including phenoxy) is 1. The fourth-order valence-corrected chi connectivity index (χ4v) is 2.92. The number of benzene rings is 1. The zero-order chi connectivity index (χ0) is 17.5. The molecule has 0 fully saturated rings. The van der Waals surface area contributed by atoms with Gasteiger partial charge in [-0.15, -0.1) is 11.3 Å². The van der Waals surface area contributed by atoms with Crippen molar-refractivity contribution < 1.29 is 18.7 Å². The molecule has 0 saturated heterocycles. The van der Waals surface area contributed by atoms with Gasteiger partial charge in [0, 0.05) is 18.0 Å². The zero-order valence-corrected chi connectivity index (χ0v) is 14.4. The highest BCUT2D eigenvalue weighted by Crippen LogP contribution is 2.27. The van der Waals surface area contributed by atoms with Crippen molar-refractivity contribution in [1.82, 2.24) is 10.3 Å². The van der Waals surface area contributed by atoms with E-state index in [9.17, 15) is 14.0 Å². The molecule has 24 heavy (non-hydrogen) atoms. The number of nitrogens with zero attached hydrogens (tertiary/aromatic N) is 1. The molecule has 2 aromatic rings. The van der Waals surface area contributed by atoms with Crippen molar-refractivity contribution in [2.24, 2.45) is 0 Å². The molecule has 1 atom stereocenters. The van der Waals surface area contributed by atoms with E-state index in [0.717, 1.165) is 11.3 Å². The maximum atomic E-state index is 13.8. The van der Waals surface area contributed by atoms with Crippen molar-refractivity contribution in [2.75, 3.05) is 6.61 Å². The first-order valence-corrected chi connectivity index (χ1v) is 8.50. The Morgan fingerprint density at radius 3 is 2.83 bits per heavy atom. The summed E-state index contributed by atoms with van der Waals surface area (Å²) in [6, 6.07) is 6.12. The van der Waals surface area contributed by atoms with Gasteiger partial charge < -0.3 is 10.1 Å². The van der Waals surface area contributed by atoms with Gasteiger partial charge in [0.05, 0.1) is 12.8 Å². The Labute approximate surface area is 143 Å². The Kier molecular flexibility index (Phi) is 6.43. The number of amides is 1. The van der Waals surface area contributed by atoms with Crippen LogP contribution in [0.1, 0.15) is 36.4 Å². The Bertz CT molecular complexity index is 717. The lowest BCUT2D eigenvalue weighted by Gasteiger charge is -2.12. The first-order chi connectivity index (χ1) is 11.5. The van der Waals surface area contributed by atoms with Crippen molar-refractivity contribution in [2.45, 2.75) is 32.7 Å². The number of hydrogen-bond donors (Lipinski definition) is 1. The lowest BCUT2D eigenvalue weighted by molar-refractivity contribution is -0.143. The second-order valence-electron chi connectivity index (χ2n) is 5.23. The molecule has 0 aliphatic heterocycles. The van der Waals surface area contributed by atoms with Crippen LogP contribution in [0.2, 0.25) is 0 Å². The summed E-state index contributed by atoms with van der Waals surface area (Å²) in [5, 5.41) is 3.26. The van der Waals surface area contributed by atoms with Gasteiger partial charge in [0.15, 0.2) is 0 Å². The monoisotopic (exact) mass is 350 g/mol. The first-order valence-electron chi connectivity index (χ1n) is 7.68. The van der Waals surface area contributed by atoms with Gasteiger partial charge in [-0.3, -0.25) is 9.59 Å². The predicted octanol–water partition coefficient (Wildman–Crippen LogP) is 3.41. The summed E-state index contributed by atoms with van der Waals surface area (Å²) in [6.07, 6.45) is 2.17. The molecule has 2 rings (SSSR count). The number of aromatic nitrogens is 1. The van der Waals surface area contributed by atoms with Crippen LogP contribution in [0.15, 0.2) is 30.5 Å². The minimum Gasteiger partial charge on any atom is -0.466 e. The number of hydrogen-bond acceptors (Lipinski definition) is 5. The summed E-state index contributed by atoms with van der Waals surface area (Å²) < 4.78 is 18.6. The highest BCUT2D eigenvalue weighted by atomic mass is 32.1. The Balaban J connectivity index is 1.94. The minimum absolute atomic E-state index is 0.180. The molecule has 1 N–H and O–H groups in total. The van der Waals surface area contributed by atoms with E-state index < -0.39 is 0 Å². The normalized spacial score (nSPS) is 11.8. The SMILES string of the molecule is CCOC(=O)CC[C@@H](C)NC(=O)c1cnc(-c2ccccc2F)s1. The van der Waals surface area contributed by atoms with Gasteiger partial charge in [-0.05, 0) is 32.4 Å². The van der Waals surface area contributed by atoms with E-state index >= 15 is 0 Å². The molecule has 0 spiro atoms. The van der Waals surface area contributed by atoms with Crippen LogP contribution in [0.4, 0.5) is 4.39 Å². The highest BCUT2D eigenvalue weighted by Gasteiger charge is 2.16. The van der Waals surface area contributed by atoms with Crippen LogP contribution in [0, 0.1) is 5.82 Å². The number of carbonyl (C=O) groups is 2. The van der Waals surface area contributed by atoms with Crippen molar-refractivity contribution in [3.8, 4) is 10.6 Å². The summed E-state index contributed by atoms with van der Waals surface area (Å²) in [5.74, 6) is -0.939. The lowest BCUT2D eigenvalue weighted by Crippen LogP contribution is -2.32. The van der Waals surface area contributed by atoms with Crippen LogP contribution >= 0.6 is 11.3 Å². The molecule has 0 bridgehead atoms. The van der Waals surface area contributed by atoms with E-state index in [0.29, 0.717) is 28.5 Å². The van der Waals surface area contributed by atoms with Crippen LogP contribution in [0.5, 0.6) is 0 Å². The maximum Gasteiger partial charge on any atom is 0.305 e. The molecule has 1 aromatic heterocycles. The average molecular weight is 350 g/mol. The molecule has 0 aliphatic carbocycles. The quantitative estimate of drug-likeness (QED) is 0.777. The van der Waals surface area contributed by atoms with E-state index in [1.54, 1.807) is 25.1 Å². The number of carbonyl (C=O) groups excluding carboxylic acids is 2. The first kappa shape index (κ1) is 18.1. The molecule has 0 saturated carbocycles. The van der Waals surface area contributed by atoms with Crippen molar-refractivity contribution in [3.05, 3.63) is 41.2 Å². The van der Waals surface area contributed by atoms with Gasteiger partial charge >= 0.3 is 5.97 Å². The van der Waals surface area contributed by atoms with Crippen molar-refractivity contribution in [1.29, 1.82) is 0 Å². The fraction of sp³-hybridized carbons (Fsp3) is 0.353. The molecule has 0 radical (unpaired) electrons. The van der Waals surface area contributed by atoms with Crippen molar-refractivity contribution >= 4 is 23.2 Å². The van der Waals surface area contributed by atoms with E-state index in [1.807, 2.05) is 6.92 Å². The zero-order valence-electron chi connectivity index (χ0n) is 13.5. The summed E-state index contributed by atoms with van der Waals surface area (Å²) in [4.78, 5) is 28.0. The summed E-state index contributed by atoms with van der Waals surface area (Å²) in [6.45, 7) is 3.91. The van der Waals surface area contributed by atoms with Crippen LogP contribution < -0.4 is 5.32 Å². The fourth-order valence-electron chi connectivity index (χ4n) is 2.07. The molecule has 5 nitrogen and oxygen atoms in total. The maximum absolute atomic E-state index is 13.8. The van der Waals surface area contributed by atoms with Gasteiger partial charge in [0.25, 0.3) is 5.91 Å². The summed E-state index contributed by atoms with van der Waals surface area (Å²) in [7, 11) is 0. The number of esters is 1. The molecule has 7 heteroatoms. The summed E-state index contributed by atoms with van der Waals surface area (Å²) >= 11 is 1.13. The molecular formula is C17H19FN2O3S. The Hall–Kier alpha value is -2.28. The molecular weight excluding hydrogens is 331 g/mol. The van der Waals surface area contributed by atoms with E-state index in [-0.39, 0.29) is 30.2 Å². The molecule has 128 valence electrons. The number of thiazole rings is 1. The van der Waals surface area contributed by atoms with Crippen LogP contribution in [0.25, 0.3) is 10.6 Å². The second kappa shape index (κ2) is 8.54. The topological polar surface area (TPSA) is 68.3 Å². The van der Waals surface area contributed by atoms with Crippen LogP contribution in [0.3, 0.4) is 0 Å². The molecule has 1 aromatic carbocycles. The third-order valence-corrected chi connectivity index (χ3v) is 4.33. The van der Waals surface area contributed by atoms with Gasteiger partial charge in [-0.2, -0.15) is 0 Å². The predicted molar refractivity (Wildman–Crippen MR) is 90.3 cm³/mol. The minimum atomic E-state index is -0.374. The molecule has 1 amide bonds. The van der Waals surface area contributed by atoms with E-state index in [2.05, 4.69) is 10.3 Å². The largest absolute Gasteiger partial charge is 0.466 e. The Morgan fingerprint density at radius 2 is 2.12 bits per heavy atom. The van der Waals surface area contributed by atoms with E-state index in [4.69, 9.17) is 4.74 Å². The molecule has 0 aliphatic rings. The molecule has 0 unspecified atom stereocenters. The molecule has 1 heterocycles. The number of halogens is 1. The third kappa shape index (κ3) is 4.86. The number of rotatable bonds is 7. The second-order valence-corrected chi connectivity index (χ2v) is 6.26. The smallest absolute Gasteiger partial charge is 0.305 e. The lowest BCUT2D eigenvalue weighted by atomic mass is 10.2. The Morgan fingerprint density at radius 1 is 1.38 bits per heavy atom. The standard InChI is InChI=1S/C17H19FN2O3S/c1-3-23-15(21)9-8-11(2)20-16(22)14-10-19-17(24-14)12-6-4-5-7-13(12)18/h4-7,10-11H,3,8-9H2,1-2H3,(H,20,22)/t11-/m1/s1. The van der Waals surface area contributed by atoms with E-state index in [1.165, 1.54) is 12.3 Å². The number of nitrogens with one attached hydrogen (secondary N) is 1. The highest BCUT2D eigenvalue weighted by molar-refractivity contribution is 7.16. The third-order valence-electron chi connectivity index (χ3n) is 3.30. The van der Waals surface area contributed by atoms with Gasteiger partial charge in [0.1, 0.15) is 15.7 Å².